The monoisotopic (exact) mass is 405 g/mol. The molecule has 6 nitrogen and oxygen atoms in total. The van der Waals surface area contributed by atoms with Crippen molar-refractivity contribution in [3.05, 3.63) is 35.1 Å². The van der Waals surface area contributed by atoms with Gasteiger partial charge in [0.15, 0.2) is 0 Å². The predicted molar refractivity (Wildman–Crippen MR) is 109 cm³/mol. The summed E-state index contributed by atoms with van der Waals surface area (Å²) in [5, 5.41) is 14.1. The SMILES string of the molecule is CC(=O)NC1CCN(C[C@@]2(O)CCCN(C(=O)c3ccc(C)c(F)c3)CC2)CC1. The van der Waals surface area contributed by atoms with Crippen LogP contribution in [-0.2, 0) is 4.79 Å². The Balaban J connectivity index is 1.54. The Morgan fingerprint density at radius 1 is 1.21 bits per heavy atom. The van der Waals surface area contributed by atoms with Crippen molar-refractivity contribution in [2.45, 2.75) is 57.6 Å². The lowest BCUT2D eigenvalue weighted by atomic mass is 9.93. The number of benzene rings is 1. The zero-order chi connectivity index (χ0) is 21.0. The zero-order valence-electron chi connectivity index (χ0n) is 17.4. The Hall–Kier alpha value is -1.99. The molecule has 1 atom stereocenters. The van der Waals surface area contributed by atoms with Gasteiger partial charge in [-0.3, -0.25) is 9.59 Å². The van der Waals surface area contributed by atoms with Crippen LogP contribution in [0.15, 0.2) is 18.2 Å². The third-order valence-corrected chi connectivity index (χ3v) is 6.14. The van der Waals surface area contributed by atoms with E-state index in [1.165, 1.54) is 6.07 Å². The number of β-amino-alcohol motifs (C(OH)–C–C–N with tert-alkyl or cyclic N) is 1. The number of halogens is 1. The molecule has 0 aliphatic carbocycles. The van der Waals surface area contributed by atoms with E-state index in [1.54, 1.807) is 30.9 Å². The quantitative estimate of drug-likeness (QED) is 0.805. The summed E-state index contributed by atoms with van der Waals surface area (Å²) >= 11 is 0. The van der Waals surface area contributed by atoms with E-state index in [9.17, 15) is 19.1 Å². The van der Waals surface area contributed by atoms with Crippen molar-refractivity contribution >= 4 is 11.8 Å². The van der Waals surface area contributed by atoms with Crippen molar-refractivity contribution in [3.63, 3.8) is 0 Å². The van der Waals surface area contributed by atoms with Crippen LogP contribution in [0.2, 0.25) is 0 Å². The second-order valence-electron chi connectivity index (χ2n) is 8.59. The molecule has 0 aromatic heterocycles. The van der Waals surface area contributed by atoms with Crippen LogP contribution < -0.4 is 5.32 Å². The van der Waals surface area contributed by atoms with Gasteiger partial charge in [-0.2, -0.15) is 0 Å². The van der Waals surface area contributed by atoms with Crippen LogP contribution in [0.25, 0.3) is 0 Å². The highest BCUT2D eigenvalue weighted by molar-refractivity contribution is 5.94. The highest BCUT2D eigenvalue weighted by Crippen LogP contribution is 2.26. The lowest BCUT2D eigenvalue weighted by Crippen LogP contribution is -2.50. The van der Waals surface area contributed by atoms with E-state index in [2.05, 4.69) is 10.2 Å². The lowest BCUT2D eigenvalue weighted by Gasteiger charge is -2.38. The number of hydrogen-bond donors (Lipinski definition) is 2. The third-order valence-electron chi connectivity index (χ3n) is 6.14. The summed E-state index contributed by atoms with van der Waals surface area (Å²) in [5.41, 5.74) is 0.0571. The van der Waals surface area contributed by atoms with E-state index in [-0.39, 0.29) is 23.7 Å². The number of hydrogen-bond acceptors (Lipinski definition) is 4. The Morgan fingerprint density at radius 3 is 2.59 bits per heavy atom. The first-order chi connectivity index (χ1) is 13.8. The Bertz CT molecular complexity index is 749. The molecule has 2 fully saturated rings. The molecular formula is C22H32FN3O3. The number of likely N-dealkylation sites (tertiary alicyclic amines) is 2. The predicted octanol–water partition coefficient (Wildman–Crippen LogP) is 2.09. The van der Waals surface area contributed by atoms with Gasteiger partial charge in [-0.05, 0) is 56.7 Å². The van der Waals surface area contributed by atoms with Gasteiger partial charge in [0, 0.05) is 51.3 Å². The minimum atomic E-state index is -0.825. The van der Waals surface area contributed by atoms with Gasteiger partial charge in [0.05, 0.1) is 5.60 Å². The molecule has 2 saturated heterocycles. The van der Waals surface area contributed by atoms with Gasteiger partial charge in [-0.25, -0.2) is 4.39 Å². The van der Waals surface area contributed by atoms with E-state index in [0.717, 1.165) is 32.4 Å². The van der Waals surface area contributed by atoms with Crippen LogP contribution in [-0.4, -0.2) is 71.1 Å². The fourth-order valence-corrected chi connectivity index (χ4v) is 4.39. The number of nitrogens with one attached hydrogen (secondary N) is 1. The van der Waals surface area contributed by atoms with E-state index < -0.39 is 5.60 Å². The van der Waals surface area contributed by atoms with Crippen LogP contribution in [0.4, 0.5) is 4.39 Å². The molecule has 160 valence electrons. The highest BCUT2D eigenvalue weighted by atomic mass is 19.1. The minimum absolute atomic E-state index is 0.00376. The molecular weight excluding hydrogens is 373 g/mol. The molecule has 2 heterocycles. The fraction of sp³-hybridized carbons (Fsp3) is 0.636. The number of aryl methyl sites for hydroxylation is 1. The van der Waals surface area contributed by atoms with Crippen molar-refractivity contribution in [2.24, 2.45) is 0 Å². The highest BCUT2D eigenvalue weighted by Gasteiger charge is 2.34. The van der Waals surface area contributed by atoms with E-state index in [0.29, 0.717) is 43.6 Å². The molecule has 0 bridgehead atoms. The molecule has 2 aliphatic heterocycles. The molecule has 29 heavy (non-hydrogen) atoms. The summed E-state index contributed by atoms with van der Waals surface area (Å²) in [6.45, 7) is 6.53. The summed E-state index contributed by atoms with van der Waals surface area (Å²) in [6.07, 6.45) is 3.65. The van der Waals surface area contributed by atoms with Crippen molar-refractivity contribution in [1.82, 2.24) is 15.1 Å². The van der Waals surface area contributed by atoms with E-state index >= 15 is 0 Å². The smallest absolute Gasteiger partial charge is 0.253 e. The van der Waals surface area contributed by atoms with Crippen LogP contribution in [0, 0.1) is 12.7 Å². The Labute approximate surface area is 172 Å². The molecule has 2 amide bonds. The summed E-state index contributed by atoms with van der Waals surface area (Å²) in [5.74, 6) is -0.543. The Morgan fingerprint density at radius 2 is 1.93 bits per heavy atom. The van der Waals surface area contributed by atoms with Gasteiger partial charge in [-0.15, -0.1) is 0 Å². The number of aliphatic hydroxyl groups is 1. The van der Waals surface area contributed by atoms with Gasteiger partial charge < -0.3 is 20.2 Å². The number of carbonyl (C=O) groups is 2. The number of rotatable bonds is 4. The maximum atomic E-state index is 13.8. The summed E-state index contributed by atoms with van der Waals surface area (Å²) in [6, 6.07) is 4.81. The largest absolute Gasteiger partial charge is 0.388 e. The van der Waals surface area contributed by atoms with Crippen LogP contribution in [0.1, 0.15) is 54.9 Å². The van der Waals surface area contributed by atoms with E-state index in [4.69, 9.17) is 0 Å². The van der Waals surface area contributed by atoms with Crippen molar-refractivity contribution in [1.29, 1.82) is 0 Å². The topological polar surface area (TPSA) is 72.9 Å². The molecule has 7 heteroatoms. The maximum Gasteiger partial charge on any atom is 0.253 e. The van der Waals surface area contributed by atoms with Gasteiger partial charge in [0.1, 0.15) is 5.82 Å². The van der Waals surface area contributed by atoms with Crippen LogP contribution in [0.3, 0.4) is 0 Å². The number of piperidine rings is 1. The second-order valence-corrected chi connectivity index (χ2v) is 8.59. The molecule has 2 aliphatic rings. The molecule has 0 saturated carbocycles. The average molecular weight is 406 g/mol. The molecule has 0 radical (unpaired) electrons. The summed E-state index contributed by atoms with van der Waals surface area (Å²) in [4.78, 5) is 28.0. The number of nitrogens with zero attached hydrogens (tertiary/aromatic N) is 2. The molecule has 2 N–H and O–H groups in total. The minimum Gasteiger partial charge on any atom is -0.388 e. The van der Waals surface area contributed by atoms with Crippen molar-refractivity contribution in [2.75, 3.05) is 32.7 Å². The van der Waals surface area contributed by atoms with Gasteiger partial charge >= 0.3 is 0 Å². The van der Waals surface area contributed by atoms with Crippen LogP contribution in [0.5, 0.6) is 0 Å². The Kier molecular flexibility index (Phi) is 6.90. The molecule has 0 unspecified atom stereocenters. The van der Waals surface area contributed by atoms with Gasteiger partial charge in [-0.1, -0.05) is 6.07 Å². The van der Waals surface area contributed by atoms with E-state index in [1.807, 2.05) is 0 Å². The fourth-order valence-electron chi connectivity index (χ4n) is 4.39. The van der Waals surface area contributed by atoms with Crippen molar-refractivity contribution in [3.8, 4) is 0 Å². The first-order valence-electron chi connectivity index (χ1n) is 10.5. The number of amides is 2. The molecule has 0 spiro atoms. The lowest BCUT2D eigenvalue weighted by molar-refractivity contribution is -0.120. The normalized spacial score (nSPS) is 24.2. The standard InChI is InChI=1S/C22H32FN3O3/c1-16-4-5-18(14-20(16)23)21(28)26-10-3-8-22(29,9-13-26)15-25-11-6-19(7-12-25)24-17(2)27/h4-5,14,19,29H,3,6-13,15H2,1-2H3,(H,24,27)/t22-/m1/s1. The maximum absolute atomic E-state index is 13.8. The van der Waals surface area contributed by atoms with Crippen molar-refractivity contribution < 1.29 is 19.1 Å². The first kappa shape index (κ1) is 21.7. The average Bonchev–Trinajstić information content (AvgIpc) is 2.86. The summed E-state index contributed by atoms with van der Waals surface area (Å²) < 4.78 is 13.8. The summed E-state index contributed by atoms with van der Waals surface area (Å²) in [7, 11) is 0. The molecule has 1 aromatic rings. The second kappa shape index (κ2) is 9.22. The number of carbonyl (C=O) groups excluding carboxylic acids is 2. The van der Waals surface area contributed by atoms with Gasteiger partial charge in [0.2, 0.25) is 5.91 Å². The molecule has 1 aromatic carbocycles. The zero-order valence-corrected chi connectivity index (χ0v) is 17.4. The van der Waals surface area contributed by atoms with Gasteiger partial charge in [0.25, 0.3) is 5.91 Å². The molecule has 3 rings (SSSR count). The van der Waals surface area contributed by atoms with Crippen LogP contribution >= 0.6 is 0 Å². The first-order valence-corrected chi connectivity index (χ1v) is 10.5. The third kappa shape index (κ3) is 5.76.